The summed E-state index contributed by atoms with van der Waals surface area (Å²) in [4.78, 5) is 6.57. The summed E-state index contributed by atoms with van der Waals surface area (Å²) in [6.07, 6.45) is 1.13. The second kappa shape index (κ2) is 5.68. The molecule has 3 rings (SSSR count). The summed E-state index contributed by atoms with van der Waals surface area (Å²) in [6, 6.07) is 6.59. The van der Waals surface area contributed by atoms with E-state index in [2.05, 4.69) is 27.4 Å². The van der Waals surface area contributed by atoms with Gasteiger partial charge in [-0.05, 0) is 44.3 Å². The molecule has 0 bridgehead atoms. The van der Waals surface area contributed by atoms with E-state index in [-0.39, 0.29) is 5.82 Å². The molecule has 1 aliphatic heterocycles. The summed E-state index contributed by atoms with van der Waals surface area (Å²) in [5.74, 6) is 0.808. The number of aromatic nitrogens is 2. The topological polar surface area (TPSA) is 54.2 Å². The quantitative estimate of drug-likeness (QED) is 0.920. The molecule has 0 radical (unpaired) electrons. The third-order valence-corrected chi connectivity index (χ3v) is 3.61. The van der Waals surface area contributed by atoms with Gasteiger partial charge in [0.2, 0.25) is 11.7 Å². The lowest BCUT2D eigenvalue weighted by molar-refractivity contribution is 0.214. The highest BCUT2D eigenvalue weighted by Crippen LogP contribution is 2.17. The molecule has 2 heterocycles. The van der Waals surface area contributed by atoms with Gasteiger partial charge in [-0.3, -0.25) is 4.90 Å². The monoisotopic (exact) mass is 276 g/mol. The lowest BCUT2D eigenvalue weighted by Crippen LogP contribution is -2.32. The first-order valence-electron chi connectivity index (χ1n) is 6.72. The van der Waals surface area contributed by atoms with Gasteiger partial charge in [0.1, 0.15) is 5.82 Å². The minimum absolute atomic E-state index is 0.272. The fraction of sp³-hybridized carbons (Fsp3) is 0.429. The first-order chi connectivity index (χ1) is 9.72. The Labute approximate surface area is 116 Å². The number of nitrogens with zero attached hydrogens (tertiary/aromatic N) is 3. The Morgan fingerprint density at radius 3 is 2.90 bits per heavy atom. The molecule has 1 unspecified atom stereocenters. The second-order valence-corrected chi connectivity index (χ2v) is 5.08. The van der Waals surface area contributed by atoms with Crippen molar-refractivity contribution in [3.8, 4) is 11.4 Å². The van der Waals surface area contributed by atoms with Crippen LogP contribution in [0.4, 0.5) is 4.39 Å². The highest BCUT2D eigenvalue weighted by atomic mass is 19.1. The van der Waals surface area contributed by atoms with E-state index in [1.807, 2.05) is 0 Å². The van der Waals surface area contributed by atoms with Gasteiger partial charge in [0.25, 0.3) is 0 Å². The summed E-state index contributed by atoms with van der Waals surface area (Å²) in [5, 5.41) is 7.28. The van der Waals surface area contributed by atoms with Gasteiger partial charge >= 0.3 is 0 Å². The van der Waals surface area contributed by atoms with E-state index in [9.17, 15) is 4.39 Å². The molecular formula is C14H17FN4O. The van der Waals surface area contributed by atoms with Crippen LogP contribution in [0.15, 0.2) is 28.8 Å². The minimum Gasteiger partial charge on any atom is -0.338 e. The summed E-state index contributed by atoms with van der Waals surface area (Å²) in [7, 11) is 2.05. The zero-order valence-electron chi connectivity index (χ0n) is 11.3. The van der Waals surface area contributed by atoms with Gasteiger partial charge in [-0.2, -0.15) is 4.98 Å². The Hall–Kier alpha value is -1.79. The minimum atomic E-state index is -0.272. The van der Waals surface area contributed by atoms with Gasteiger partial charge in [-0.15, -0.1) is 0 Å². The highest BCUT2D eigenvalue weighted by Gasteiger charge is 2.21. The molecule has 0 aliphatic carbocycles. The van der Waals surface area contributed by atoms with Crippen LogP contribution in [0, 0.1) is 5.82 Å². The number of likely N-dealkylation sites (N-methyl/N-ethyl adjacent to an activating group) is 1. The van der Waals surface area contributed by atoms with E-state index in [0.717, 1.165) is 25.1 Å². The maximum Gasteiger partial charge on any atom is 0.241 e. The summed E-state index contributed by atoms with van der Waals surface area (Å²) >= 11 is 0. The standard InChI is InChI=1S/C14H17FN4O/c1-19(12-6-7-16-8-12)9-13-17-14(18-20-13)10-2-4-11(15)5-3-10/h2-5,12,16H,6-9H2,1H3. The largest absolute Gasteiger partial charge is 0.338 e. The summed E-state index contributed by atoms with van der Waals surface area (Å²) in [5.41, 5.74) is 0.756. The molecule has 6 heteroatoms. The molecule has 1 fully saturated rings. The van der Waals surface area contributed by atoms with Crippen molar-refractivity contribution in [3.63, 3.8) is 0 Å². The third-order valence-electron chi connectivity index (χ3n) is 3.61. The second-order valence-electron chi connectivity index (χ2n) is 5.08. The first-order valence-corrected chi connectivity index (χ1v) is 6.72. The smallest absolute Gasteiger partial charge is 0.241 e. The van der Waals surface area contributed by atoms with Crippen LogP contribution in [-0.4, -0.2) is 41.2 Å². The van der Waals surface area contributed by atoms with Crippen LogP contribution < -0.4 is 5.32 Å². The Kier molecular flexibility index (Phi) is 3.75. The van der Waals surface area contributed by atoms with Crippen molar-refractivity contribution in [2.75, 3.05) is 20.1 Å². The van der Waals surface area contributed by atoms with Crippen molar-refractivity contribution in [3.05, 3.63) is 36.0 Å². The van der Waals surface area contributed by atoms with Crippen molar-refractivity contribution in [1.82, 2.24) is 20.4 Å². The normalized spacial score (nSPS) is 18.9. The van der Waals surface area contributed by atoms with E-state index in [1.54, 1.807) is 12.1 Å². The molecule has 0 spiro atoms. The Morgan fingerprint density at radius 1 is 1.40 bits per heavy atom. The average Bonchev–Trinajstić information content (AvgIpc) is 3.10. The molecular weight excluding hydrogens is 259 g/mol. The number of hydrogen-bond donors (Lipinski definition) is 1. The highest BCUT2D eigenvalue weighted by molar-refractivity contribution is 5.53. The number of benzene rings is 1. The van der Waals surface area contributed by atoms with Gasteiger partial charge in [0.15, 0.2) is 0 Å². The van der Waals surface area contributed by atoms with Crippen molar-refractivity contribution in [2.45, 2.75) is 19.0 Å². The van der Waals surface area contributed by atoms with Crippen LogP contribution in [0.25, 0.3) is 11.4 Å². The van der Waals surface area contributed by atoms with Crippen molar-refractivity contribution in [1.29, 1.82) is 0 Å². The van der Waals surface area contributed by atoms with Crippen LogP contribution in [0.5, 0.6) is 0 Å². The van der Waals surface area contributed by atoms with Gasteiger partial charge in [-0.25, -0.2) is 4.39 Å². The van der Waals surface area contributed by atoms with Gasteiger partial charge in [0, 0.05) is 18.2 Å². The van der Waals surface area contributed by atoms with Crippen molar-refractivity contribution in [2.24, 2.45) is 0 Å². The fourth-order valence-electron chi connectivity index (χ4n) is 2.39. The Balaban J connectivity index is 1.68. The zero-order chi connectivity index (χ0) is 13.9. The van der Waals surface area contributed by atoms with Crippen molar-refractivity contribution < 1.29 is 8.91 Å². The number of hydrogen-bond acceptors (Lipinski definition) is 5. The summed E-state index contributed by atoms with van der Waals surface area (Å²) in [6.45, 7) is 2.68. The predicted molar refractivity (Wildman–Crippen MR) is 72.4 cm³/mol. The van der Waals surface area contributed by atoms with E-state index >= 15 is 0 Å². The molecule has 1 N–H and O–H groups in total. The lowest BCUT2D eigenvalue weighted by Gasteiger charge is -2.21. The fourth-order valence-corrected chi connectivity index (χ4v) is 2.39. The molecule has 20 heavy (non-hydrogen) atoms. The Morgan fingerprint density at radius 2 is 2.20 bits per heavy atom. The number of nitrogens with one attached hydrogen (secondary N) is 1. The molecule has 2 aromatic rings. The molecule has 1 aromatic carbocycles. The van der Waals surface area contributed by atoms with Crippen LogP contribution >= 0.6 is 0 Å². The third kappa shape index (κ3) is 2.86. The molecule has 106 valence electrons. The van der Waals surface area contributed by atoms with Crippen LogP contribution in [0.2, 0.25) is 0 Å². The molecule has 0 saturated carbocycles. The van der Waals surface area contributed by atoms with E-state index in [4.69, 9.17) is 4.52 Å². The van der Waals surface area contributed by atoms with Gasteiger partial charge in [0.05, 0.1) is 6.54 Å². The number of rotatable bonds is 4. The maximum absolute atomic E-state index is 12.9. The molecule has 5 nitrogen and oxygen atoms in total. The molecule has 1 atom stereocenters. The van der Waals surface area contributed by atoms with Crippen LogP contribution in [-0.2, 0) is 6.54 Å². The van der Waals surface area contributed by atoms with Crippen LogP contribution in [0.3, 0.4) is 0 Å². The van der Waals surface area contributed by atoms with E-state index < -0.39 is 0 Å². The average molecular weight is 276 g/mol. The molecule has 1 aromatic heterocycles. The van der Waals surface area contributed by atoms with Gasteiger partial charge in [-0.1, -0.05) is 5.16 Å². The van der Waals surface area contributed by atoms with Crippen molar-refractivity contribution >= 4 is 0 Å². The SMILES string of the molecule is CN(Cc1nc(-c2ccc(F)cc2)no1)C1CCNC1. The number of halogens is 1. The molecule has 0 amide bonds. The molecule has 1 aliphatic rings. The lowest BCUT2D eigenvalue weighted by atomic mass is 10.2. The van der Waals surface area contributed by atoms with E-state index in [0.29, 0.717) is 24.3 Å². The zero-order valence-corrected chi connectivity index (χ0v) is 11.3. The Bertz CT molecular complexity index is 563. The van der Waals surface area contributed by atoms with Crippen LogP contribution in [0.1, 0.15) is 12.3 Å². The maximum atomic E-state index is 12.9. The van der Waals surface area contributed by atoms with Gasteiger partial charge < -0.3 is 9.84 Å². The van der Waals surface area contributed by atoms with E-state index in [1.165, 1.54) is 12.1 Å². The first kappa shape index (κ1) is 13.2. The molecule has 1 saturated heterocycles. The summed E-state index contributed by atoms with van der Waals surface area (Å²) < 4.78 is 18.1. The predicted octanol–water partition coefficient (Wildman–Crippen LogP) is 1.67.